The Hall–Kier alpha value is -1.84. The summed E-state index contributed by atoms with van der Waals surface area (Å²) in [6.07, 6.45) is 4.09. The lowest BCUT2D eigenvalue weighted by molar-refractivity contribution is -0.131. The summed E-state index contributed by atoms with van der Waals surface area (Å²) < 4.78 is 0. The molecule has 0 aromatic heterocycles. The van der Waals surface area contributed by atoms with E-state index < -0.39 is 0 Å². The number of carbonyl (C=O) groups excluding carboxylic acids is 2. The molecular weight excluding hydrogens is 288 g/mol. The van der Waals surface area contributed by atoms with Crippen molar-refractivity contribution in [2.75, 3.05) is 11.4 Å². The Morgan fingerprint density at radius 2 is 1.91 bits per heavy atom. The van der Waals surface area contributed by atoms with Crippen molar-refractivity contribution in [2.45, 2.75) is 65.5 Å². The van der Waals surface area contributed by atoms with Crippen LogP contribution in [-0.4, -0.2) is 29.3 Å². The second-order valence-electron chi connectivity index (χ2n) is 6.47. The average Bonchev–Trinajstić information content (AvgIpc) is 2.50. The van der Waals surface area contributed by atoms with Crippen molar-refractivity contribution in [1.82, 2.24) is 4.90 Å². The van der Waals surface area contributed by atoms with E-state index >= 15 is 0 Å². The van der Waals surface area contributed by atoms with Gasteiger partial charge >= 0.3 is 0 Å². The molecule has 0 bridgehead atoms. The monoisotopic (exact) mass is 316 g/mol. The summed E-state index contributed by atoms with van der Waals surface area (Å²) in [5.74, 6) is 0.174. The molecule has 0 spiro atoms. The normalized spacial score (nSPS) is 20.1. The van der Waals surface area contributed by atoms with Crippen molar-refractivity contribution >= 4 is 17.5 Å². The zero-order valence-electron chi connectivity index (χ0n) is 14.7. The van der Waals surface area contributed by atoms with Crippen LogP contribution >= 0.6 is 0 Å². The van der Waals surface area contributed by atoms with Crippen molar-refractivity contribution in [1.29, 1.82) is 0 Å². The van der Waals surface area contributed by atoms with Gasteiger partial charge in [-0.25, -0.2) is 0 Å². The highest BCUT2D eigenvalue weighted by Crippen LogP contribution is 2.40. The van der Waals surface area contributed by atoms with Crippen LogP contribution in [0, 0.1) is 0 Å². The van der Waals surface area contributed by atoms with E-state index in [4.69, 9.17) is 0 Å². The van der Waals surface area contributed by atoms with E-state index in [0.29, 0.717) is 0 Å². The van der Waals surface area contributed by atoms with E-state index in [1.165, 1.54) is 0 Å². The number of unbranched alkanes of at least 4 members (excludes halogenated alkanes) is 2. The molecule has 1 aromatic rings. The van der Waals surface area contributed by atoms with Gasteiger partial charge in [0.25, 0.3) is 0 Å². The second kappa shape index (κ2) is 7.62. The summed E-state index contributed by atoms with van der Waals surface area (Å²) >= 11 is 0. The van der Waals surface area contributed by atoms with Gasteiger partial charge < -0.3 is 9.80 Å². The predicted molar refractivity (Wildman–Crippen MR) is 93.3 cm³/mol. The molecule has 2 rings (SSSR count). The molecule has 0 aliphatic carbocycles. The lowest BCUT2D eigenvalue weighted by Gasteiger charge is -2.43. The molecule has 0 radical (unpaired) electrons. The number of hydrogen-bond acceptors (Lipinski definition) is 2. The third-order valence-corrected chi connectivity index (χ3v) is 4.68. The van der Waals surface area contributed by atoms with Gasteiger partial charge in [-0.3, -0.25) is 9.59 Å². The first-order valence-electron chi connectivity index (χ1n) is 8.63. The lowest BCUT2D eigenvalue weighted by atomic mass is 9.90. The van der Waals surface area contributed by atoms with Gasteiger partial charge in [-0.15, -0.1) is 0 Å². The molecule has 1 aromatic carbocycles. The fraction of sp³-hybridized carbons (Fsp3) is 0.579. The summed E-state index contributed by atoms with van der Waals surface area (Å²) in [5, 5.41) is 0. The standard InChI is InChI=1S/C19H28N2O2/c1-5-6-9-12-20(15(3)22)19-13-14(2)21(16(4)23)18-11-8-7-10-17(18)19/h7-8,10-11,14,19H,5-6,9,12-13H2,1-4H3. The number of hydrogen-bond donors (Lipinski definition) is 0. The minimum absolute atomic E-state index is 0.0590. The van der Waals surface area contributed by atoms with E-state index in [2.05, 4.69) is 19.9 Å². The van der Waals surface area contributed by atoms with Crippen molar-refractivity contribution in [3.63, 3.8) is 0 Å². The van der Waals surface area contributed by atoms with E-state index in [1.807, 2.05) is 28.0 Å². The molecule has 2 atom stereocenters. The van der Waals surface area contributed by atoms with Crippen LogP contribution in [0.1, 0.15) is 65.0 Å². The fourth-order valence-electron chi connectivity index (χ4n) is 3.62. The molecule has 2 unspecified atom stereocenters. The van der Waals surface area contributed by atoms with Gasteiger partial charge in [0.05, 0.1) is 6.04 Å². The first-order chi connectivity index (χ1) is 11.0. The maximum absolute atomic E-state index is 12.2. The van der Waals surface area contributed by atoms with E-state index in [9.17, 15) is 9.59 Å². The average molecular weight is 316 g/mol. The van der Waals surface area contributed by atoms with Gasteiger partial charge in [0.15, 0.2) is 0 Å². The fourth-order valence-corrected chi connectivity index (χ4v) is 3.62. The highest BCUT2D eigenvalue weighted by molar-refractivity contribution is 5.93. The van der Waals surface area contributed by atoms with Crippen LogP contribution in [0.3, 0.4) is 0 Å². The van der Waals surface area contributed by atoms with Crippen molar-refractivity contribution in [2.24, 2.45) is 0 Å². The van der Waals surface area contributed by atoms with E-state index in [0.717, 1.165) is 43.5 Å². The van der Waals surface area contributed by atoms with Crippen LogP contribution in [0.5, 0.6) is 0 Å². The number of carbonyl (C=O) groups is 2. The first kappa shape index (κ1) is 17.5. The number of rotatable bonds is 5. The zero-order valence-corrected chi connectivity index (χ0v) is 14.7. The molecule has 126 valence electrons. The molecule has 23 heavy (non-hydrogen) atoms. The predicted octanol–water partition coefficient (Wildman–Crippen LogP) is 3.91. The van der Waals surface area contributed by atoms with Gasteiger partial charge in [0.1, 0.15) is 0 Å². The zero-order chi connectivity index (χ0) is 17.0. The van der Waals surface area contributed by atoms with Gasteiger partial charge in [0, 0.05) is 32.1 Å². The molecular formula is C19H28N2O2. The Labute approximate surface area is 139 Å². The molecule has 4 nitrogen and oxygen atoms in total. The molecule has 0 N–H and O–H groups in total. The highest BCUT2D eigenvalue weighted by Gasteiger charge is 2.35. The van der Waals surface area contributed by atoms with Crippen molar-refractivity contribution in [3.8, 4) is 0 Å². The molecule has 4 heteroatoms. The molecule has 2 amide bonds. The third kappa shape index (κ3) is 3.74. The summed E-state index contributed by atoms with van der Waals surface area (Å²) in [6.45, 7) is 8.28. The minimum Gasteiger partial charge on any atom is -0.336 e. The van der Waals surface area contributed by atoms with Crippen LogP contribution in [0.25, 0.3) is 0 Å². The summed E-state index contributed by atoms with van der Waals surface area (Å²) in [7, 11) is 0. The maximum Gasteiger partial charge on any atom is 0.224 e. The molecule has 1 aliphatic rings. The number of nitrogens with zero attached hydrogens (tertiary/aromatic N) is 2. The third-order valence-electron chi connectivity index (χ3n) is 4.68. The van der Waals surface area contributed by atoms with Gasteiger partial charge in [0.2, 0.25) is 11.8 Å². The number of para-hydroxylation sites is 1. The molecule has 0 saturated carbocycles. The first-order valence-corrected chi connectivity index (χ1v) is 8.63. The number of benzene rings is 1. The Morgan fingerprint density at radius 1 is 1.22 bits per heavy atom. The molecule has 0 saturated heterocycles. The topological polar surface area (TPSA) is 40.6 Å². The number of amides is 2. The van der Waals surface area contributed by atoms with E-state index in [-0.39, 0.29) is 23.9 Å². The molecule has 1 heterocycles. The van der Waals surface area contributed by atoms with E-state index in [1.54, 1.807) is 13.8 Å². The Balaban J connectivity index is 2.36. The van der Waals surface area contributed by atoms with Crippen LogP contribution < -0.4 is 4.90 Å². The quantitative estimate of drug-likeness (QED) is 0.773. The van der Waals surface area contributed by atoms with Gasteiger partial charge in [-0.2, -0.15) is 0 Å². The minimum atomic E-state index is 0.0590. The van der Waals surface area contributed by atoms with Crippen LogP contribution in [0.4, 0.5) is 5.69 Å². The lowest BCUT2D eigenvalue weighted by Crippen LogP contribution is -2.46. The highest BCUT2D eigenvalue weighted by atomic mass is 16.2. The summed E-state index contributed by atoms with van der Waals surface area (Å²) in [4.78, 5) is 28.1. The van der Waals surface area contributed by atoms with Gasteiger partial charge in [-0.05, 0) is 31.4 Å². The Bertz CT molecular complexity index is 570. The summed E-state index contributed by atoms with van der Waals surface area (Å²) in [6, 6.07) is 8.15. The second-order valence-corrected chi connectivity index (χ2v) is 6.47. The summed E-state index contributed by atoms with van der Waals surface area (Å²) in [5.41, 5.74) is 2.04. The van der Waals surface area contributed by atoms with Crippen LogP contribution in [0.2, 0.25) is 0 Å². The SMILES string of the molecule is CCCCCN(C(C)=O)C1CC(C)N(C(C)=O)c2ccccc21. The van der Waals surface area contributed by atoms with Crippen LogP contribution in [-0.2, 0) is 9.59 Å². The maximum atomic E-state index is 12.2. The number of fused-ring (bicyclic) bond motifs is 1. The largest absolute Gasteiger partial charge is 0.336 e. The Kier molecular flexibility index (Phi) is 5.80. The van der Waals surface area contributed by atoms with Gasteiger partial charge in [-0.1, -0.05) is 38.0 Å². The van der Waals surface area contributed by atoms with Crippen molar-refractivity contribution in [3.05, 3.63) is 29.8 Å². The number of anilines is 1. The Morgan fingerprint density at radius 3 is 2.52 bits per heavy atom. The van der Waals surface area contributed by atoms with Crippen molar-refractivity contribution < 1.29 is 9.59 Å². The molecule has 1 aliphatic heterocycles. The molecule has 0 fully saturated rings. The van der Waals surface area contributed by atoms with Crippen LogP contribution in [0.15, 0.2) is 24.3 Å². The smallest absolute Gasteiger partial charge is 0.224 e.